The number of hydrogen-bond acceptors (Lipinski definition) is 6. The number of hydrogen-bond donors (Lipinski definition) is 2. The molecule has 4 aliphatic carbocycles. The number of pyridine rings is 1. The van der Waals surface area contributed by atoms with Gasteiger partial charge in [-0.25, -0.2) is 9.67 Å². The number of nitrogens with zero attached hydrogens (tertiary/aromatic N) is 3. The van der Waals surface area contributed by atoms with Crippen LogP contribution in [0.2, 0.25) is 0 Å². The molecule has 232 valence electrons. The fourth-order valence-corrected chi connectivity index (χ4v) is 10.5. The summed E-state index contributed by atoms with van der Waals surface area (Å²) < 4.78 is 2.07. The molecule has 3 aromatic rings. The van der Waals surface area contributed by atoms with Crippen molar-refractivity contribution in [3.8, 4) is 5.69 Å². The molecule has 7 heteroatoms. The Morgan fingerprint density at radius 1 is 1.11 bits per heavy atom. The average Bonchev–Trinajstić information content (AvgIpc) is 3.51. The number of carbonyl (C=O) groups is 1. The van der Waals surface area contributed by atoms with Crippen molar-refractivity contribution >= 4 is 23.6 Å². The van der Waals surface area contributed by atoms with Gasteiger partial charge in [0.05, 0.1) is 34.5 Å². The second-order valence-corrected chi connectivity index (χ2v) is 16.3. The molecule has 7 atom stereocenters. The molecule has 2 heterocycles. The minimum absolute atomic E-state index is 0.0866. The largest absolute Gasteiger partial charge is 0.393 e. The number of aliphatic hydroxyl groups excluding tert-OH is 1. The monoisotopic (exact) mass is 611 g/mol. The molecule has 2 aromatic heterocycles. The van der Waals surface area contributed by atoms with Crippen molar-refractivity contribution in [3.63, 3.8) is 0 Å². The maximum atomic E-state index is 13.7. The Morgan fingerprint density at radius 3 is 2.59 bits per heavy atom. The minimum atomic E-state index is -1.42. The summed E-state index contributed by atoms with van der Waals surface area (Å²) in [6.45, 7) is 11.1. The second-order valence-electron chi connectivity index (χ2n) is 15.3. The molecule has 0 spiro atoms. The third-order valence-electron chi connectivity index (χ3n) is 12.0. The molecular formula is C37H45N3O3S. The lowest BCUT2D eigenvalue weighted by molar-refractivity contribution is -0.177. The van der Waals surface area contributed by atoms with E-state index in [1.165, 1.54) is 28.5 Å². The van der Waals surface area contributed by atoms with Crippen LogP contribution in [0.4, 0.5) is 0 Å². The molecule has 0 saturated heterocycles. The molecule has 44 heavy (non-hydrogen) atoms. The van der Waals surface area contributed by atoms with Gasteiger partial charge in [0.2, 0.25) is 0 Å². The summed E-state index contributed by atoms with van der Waals surface area (Å²) in [5.41, 5.74) is 4.00. The van der Waals surface area contributed by atoms with Crippen LogP contribution in [0.25, 0.3) is 11.8 Å². The van der Waals surface area contributed by atoms with E-state index in [1.54, 1.807) is 6.20 Å². The molecule has 0 aliphatic heterocycles. The van der Waals surface area contributed by atoms with E-state index in [4.69, 9.17) is 5.10 Å². The predicted octanol–water partition coefficient (Wildman–Crippen LogP) is 6.81. The first kappa shape index (κ1) is 29.9. The molecule has 0 amide bonds. The quantitative estimate of drug-likeness (QED) is 0.308. The van der Waals surface area contributed by atoms with Gasteiger partial charge in [0.15, 0.2) is 5.78 Å². The van der Waals surface area contributed by atoms with Crippen LogP contribution < -0.4 is 0 Å². The topological polar surface area (TPSA) is 88.2 Å². The highest BCUT2D eigenvalue weighted by atomic mass is 32.2. The summed E-state index contributed by atoms with van der Waals surface area (Å²) in [6, 6.07) is 14.4. The SMILES string of the molecule is CC(C)(C)c1ccc(-n2ncc3c2C=C2CCC4C(C(O)CC5(C)C4CC[C@]5(O)C(=O)CSc4ccccn4)C2(C)C3)cc1. The van der Waals surface area contributed by atoms with Gasteiger partial charge in [-0.05, 0) is 109 Å². The number of fused-ring (bicyclic) bond motifs is 6. The van der Waals surface area contributed by atoms with Crippen LogP contribution in [-0.4, -0.2) is 48.2 Å². The van der Waals surface area contributed by atoms with Crippen molar-refractivity contribution in [2.75, 3.05) is 5.75 Å². The Bertz CT molecular complexity index is 1610. The zero-order chi connectivity index (χ0) is 31.1. The van der Waals surface area contributed by atoms with Gasteiger partial charge in [-0.3, -0.25) is 4.79 Å². The van der Waals surface area contributed by atoms with Gasteiger partial charge in [0.1, 0.15) is 5.60 Å². The number of ketones is 1. The summed E-state index contributed by atoms with van der Waals surface area (Å²) in [5.74, 6) is 0.613. The first-order chi connectivity index (χ1) is 20.8. The number of allylic oxidation sites excluding steroid dienone is 1. The van der Waals surface area contributed by atoms with E-state index < -0.39 is 17.1 Å². The Hall–Kier alpha value is -2.74. The minimum Gasteiger partial charge on any atom is -0.393 e. The molecule has 3 saturated carbocycles. The maximum Gasteiger partial charge on any atom is 0.175 e. The van der Waals surface area contributed by atoms with Gasteiger partial charge >= 0.3 is 0 Å². The van der Waals surface area contributed by atoms with Crippen molar-refractivity contribution in [1.29, 1.82) is 0 Å². The van der Waals surface area contributed by atoms with E-state index in [0.29, 0.717) is 12.8 Å². The Balaban J connectivity index is 1.15. The first-order valence-electron chi connectivity index (χ1n) is 16.2. The predicted molar refractivity (Wildman–Crippen MR) is 175 cm³/mol. The summed E-state index contributed by atoms with van der Waals surface area (Å²) in [6.07, 6.45) is 10.0. The van der Waals surface area contributed by atoms with Gasteiger partial charge in [-0.15, -0.1) is 0 Å². The molecule has 2 N–H and O–H groups in total. The van der Waals surface area contributed by atoms with Crippen molar-refractivity contribution < 1.29 is 15.0 Å². The highest BCUT2D eigenvalue weighted by molar-refractivity contribution is 7.99. The van der Waals surface area contributed by atoms with Gasteiger partial charge in [-0.2, -0.15) is 5.10 Å². The molecule has 1 aromatic carbocycles. The van der Waals surface area contributed by atoms with Crippen LogP contribution in [0, 0.1) is 28.6 Å². The third kappa shape index (κ3) is 4.48. The van der Waals surface area contributed by atoms with Gasteiger partial charge < -0.3 is 10.2 Å². The lowest BCUT2D eigenvalue weighted by atomic mass is 9.45. The number of Topliss-reactive ketones (excluding diaryl/α,β-unsaturated/α-hetero) is 1. The number of aliphatic hydroxyl groups is 2. The van der Waals surface area contributed by atoms with Gasteiger partial charge in [0.25, 0.3) is 0 Å². The number of aromatic nitrogens is 3. The highest BCUT2D eigenvalue weighted by Gasteiger charge is 2.68. The Kier molecular flexibility index (Phi) is 7.07. The van der Waals surface area contributed by atoms with Crippen LogP contribution in [0.3, 0.4) is 0 Å². The molecule has 6 unspecified atom stereocenters. The van der Waals surface area contributed by atoms with E-state index in [0.717, 1.165) is 42.1 Å². The van der Waals surface area contributed by atoms with Crippen molar-refractivity contribution in [1.82, 2.24) is 14.8 Å². The number of benzene rings is 1. The van der Waals surface area contributed by atoms with Crippen LogP contribution in [0.15, 0.2) is 65.5 Å². The molecular weight excluding hydrogens is 566 g/mol. The number of carbonyl (C=O) groups excluding carboxylic acids is 1. The molecule has 0 bridgehead atoms. The summed E-state index contributed by atoms with van der Waals surface area (Å²) >= 11 is 1.39. The van der Waals surface area contributed by atoms with E-state index in [9.17, 15) is 15.0 Å². The van der Waals surface area contributed by atoms with Crippen molar-refractivity contribution in [2.45, 2.75) is 95.3 Å². The second kappa shape index (κ2) is 10.4. The van der Waals surface area contributed by atoms with E-state index >= 15 is 0 Å². The third-order valence-corrected chi connectivity index (χ3v) is 12.9. The molecule has 6 nitrogen and oxygen atoms in total. The molecule has 4 aliphatic rings. The standard InChI is InChI=1S/C37H45N3O3S/c1-34(2,3)24-9-12-26(13-10-24)40-29-18-25-11-14-27-28-15-16-37(43,31(42)22-44-32-8-6-7-17-38-32)36(28,5)20-30(41)33(27)35(25,4)19-23(29)21-39-40/h6-10,12-13,17-18,21,27-28,30,33,41,43H,11,14-16,19-20,22H2,1-5H3/t27?,28?,30?,33?,35?,36?,37-/m0/s1. The summed E-state index contributed by atoms with van der Waals surface area (Å²) in [5, 5.41) is 29.7. The molecule has 0 radical (unpaired) electrons. The lowest BCUT2D eigenvalue weighted by Crippen LogP contribution is -2.62. The van der Waals surface area contributed by atoms with Crippen LogP contribution in [0.5, 0.6) is 0 Å². The Morgan fingerprint density at radius 2 is 1.89 bits per heavy atom. The molecule has 3 fully saturated rings. The summed E-state index contributed by atoms with van der Waals surface area (Å²) in [4.78, 5) is 18.0. The van der Waals surface area contributed by atoms with E-state index in [-0.39, 0.29) is 40.1 Å². The lowest BCUT2D eigenvalue weighted by Gasteiger charge is -2.60. The first-order valence-corrected chi connectivity index (χ1v) is 17.2. The zero-order valence-electron chi connectivity index (χ0n) is 26.6. The van der Waals surface area contributed by atoms with Gasteiger partial charge in [0, 0.05) is 11.6 Å². The van der Waals surface area contributed by atoms with Crippen LogP contribution >= 0.6 is 11.8 Å². The number of thioether (sulfide) groups is 1. The van der Waals surface area contributed by atoms with Crippen LogP contribution in [-0.2, 0) is 16.6 Å². The number of rotatable bonds is 5. The van der Waals surface area contributed by atoms with E-state index in [2.05, 4.69) is 74.6 Å². The van der Waals surface area contributed by atoms with Crippen LogP contribution in [0.1, 0.15) is 83.5 Å². The summed E-state index contributed by atoms with van der Waals surface area (Å²) in [7, 11) is 0. The normalized spacial score (nSPS) is 34.4. The molecule has 7 rings (SSSR count). The highest BCUT2D eigenvalue weighted by Crippen LogP contribution is 2.67. The fraction of sp³-hybridized carbons (Fsp3) is 0.541. The maximum absolute atomic E-state index is 13.7. The van der Waals surface area contributed by atoms with Crippen molar-refractivity contribution in [3.05, 3.63) is 77.3 Å². The smallest absolute Gasteiger partial charge is 0.175 e. The van der Waals surface area contributed by atoms with Gasteiger partial charge in [-0.1, -0.05) is 70.2 Å². The fourth-order valence-electron chi connectivity index (χ4n) is 9.65. The van der Waals surface area contributed by atoms with E-state index in [1.807, 2.05) is 24.4 Å². The zero-order valence-corrected chi connectivity index (χ0v) is 27.4. The van der Waals surface area contributed by atoms with Crippen molar-refractivity contribution in [2.24, 2.45) is 28.6 Å². The average molecular weight is 612 g/mol. The Labute approximate surface area is 265 Å².